The third-order valence-electron chi connectivity index (χ3n) is 5.34. The van der Waals surface area contributed by atoms with Crippen molar-refractivity contribution in [2.24, 2.45) is 0 Å². The maximum absolute atomic E-state index is 13.4. The van der Waals surface area contributed by atoms with E-state index in [4.69, 9.17) is 0 Å². The van der Waals surface area contributed by atoms with Crippen molar-refractivity contribution in [2.75, 3.05) is 23.4 Å². The van der Waals surface area contributed by atoms with Crippen molar-refractivity contribution >= 4 is 28.8 Å². The minimum atomic E-state index is -0.449. The summed E-state index contributed by atoms with van der Waals surface area (Å²) in [5.41, 5.74) is 2.69. The van der Waals surface area contributed by atoms with Crippen molar-refractivity contribution in [3.05, 3.63) is 85.5 Å². The van der Waals surface area contributed by atoms with E-state index in [0.717, 1.165) is 11.4 Å². The Kier molecular flexibility index (Phi) is 3.57. The average molecular weight is 390 g/mol. The number of H-pyrrole nitrogens is 1. The molecule has 1 aromatic carbocycles. The lowest BCUT2D eigenvalue weighted by molar-refractivity contribution is -0.375. The highest BCUT2D eigenvalue weighted by atomic mass is 19.1. The first kappa shape index (κ1) is 17.2. The lowest BCUT2D eigenvalue weighted by Gasteiger charge is -2.27. The van der Waals surface area contributed by atoms with Gasteiger partial charge in [0.25, 0.3) is 11.3 Å². The standard InChI is InChI=1S/C21H15FN4O3/c1-24-10-9-16(26(28)29)14-6-7-17-18-15(23-21(27)19(18)20(14)24)8-11-25(17)13-4-2-12(22)3-5-13/h2-10H,11H2,1H3,(H,23,27). The Labute approximate surface area is 163 Å². The third-order valence-corrected chi connectivity index (χ3v) is 5.34. The number of aromatic amines is 1. The molecular formula is C21H15FN4O3. The summed E-state index contributed by atoms with van der Waals surface area (Å²) in [5, 5.41) is 12.7. The van der Waals surface area contributed by atoms with Crippen LogP contribution in [0.1, 0.15) is 0 Å². The molecule has 4 aliphatic rings. The van der Waals surface area contributed by atoms with Crippen LogP contribution < -0.4 is 25.9 Å². The van der Waals surface area contributed by atoms with Crippen LogP contribution in [0.15, 0.2) is 53.5 Å². The van der Waals surface area contributed by atoms with Gasteiger partial charge in [0, 0.05) is 42.5 Å². The van der Waals surface area contributed by atoms with Crippen LogP contribution >= 0.6 is 0 Å². The van der Waals surface area contributed by atoms with Crippen molar-refractivity contribution in [1.82, 2.24) is 4.98 Å². The third kappa shape index (κ3) is 2.46. The first-order chi connectivity index (χ1) is 14.0. The van der Waals surface area contributed by atoms with Crippen molar-refractivity contribution in [3.63, 3.8) is 0 Å². The molecule has 3 aliphatic heterocycles. The predicted octanol–water partition coefficient (Wildman–Crippen LogP) is 1.90. The molecule has 0 bridgehead atoms. The summed E-state index contributed by atoms with van der Waals surface area (Å²) in [6, 6.07) is 9.55. The number of aromatic nitrogens is 1. The summed E-state index contributed by atoms with van der Waals surface area (Å²) in [5.74, 6) is -0.337. The SMILES string of the molecule is CN1C=CC([N+](=O)[O-])=c2ccc3c4c([nH]c(=O)c-4c21)=CCN3c1ccc(F)cc1. The van der Waals surface area contributed by atoms with Gasteiger partial charge in [0.1, 0.15) is 5.82 Å². The topological polar surface area (TPSA) is 82.5 Å². The summed E-state index contributed by atoms with van der Waals surface area (Å²) in [4.78, 5) is 30.6. The van der Waals surface area contributed by atoms with Gasteiger partial charge in [-0.2, -0.15) is 0 Å². The lowest BCUT2D eigenvalue weighted by Crippen LogP contribution is -2.27. The number of anilines is 3. The second-order valence-electron chi connectivity index (χ2n) is 6.96. The molecule has 144 valence electrons. The van der Waals surface area contributed by atoms with Crippen molar-refractivity contribution in [1.29, 1.82) is 0 Å². The number of benzene rings is 1. The molecule has 0 amide bonds. The van der Waals surface area contributed by atoms with Crippen LogP contribution in [-0.2, 0) is 0 Å². The van der Waals surface area contributed by atoms with Crippen molar-refractivity contribution in [2.45, 2.75) is 0 Å². The highest BCUT2D eigenvalue weighted by molar-refractivity contribution is 5.93. The summed E-state index contributed by atoms with van der Waals surface area (Å²) >= 11 is 0. The lowest BCUT2D eigenvalue weighted by atomic mass is 10.0. The molecule has 1 aliphatic carbocycles. The number of nitrogens with zero attached hydrogens (tertiary/aromatic N) is 3. The normalized spacial score (nSPS) is 14.8. The van der Waals surface area contributed by atoms with Crippen LogP contribution in [0.2, 0.25) is 0 Å². The van der Waals surface area contributed by atoms with E-state index in [1.807, 2.05) is 11.0 Å². The molecule has 0 atom stereocenters. The Bertz CT molecular complexity index is 1360. The smallest absolute Gasteiger partial charge is 0.280 e. The number of fused-ring (bicyclic) bond motifs is 2. The molecule has 8 heteroatoms. The molecule has 0 unspecified atom stereocenters. The van der Waals surface area contributed by atoms with Gasteiger partial charge in [-0.25, -0.2) is 4.39 Å². The molecule has 5 rings (SSSR count). The fourth-order valence-corrected chi connectivity index (χ4v) is 4.05. The summed E-state index contributed by atoms with van der Waals surface area (Å²) < 4.78 is 13.4. The fourth-order valence-electron chi connectivity index (χ4n) is 4.05. The summed E-state index contributed by atoms with van der Waals surface area (Å²) in [7, 11) is 1.75. The summed E-state index contributed by atoms with van der Waals surface area (Å²) in [6.45, 7) is 0.474. The van der Waals surface area contributed by atoms with E-state index >= 15 is 0 Å². The van der Waals surface area contributed by atoms with Gasteiger partial charge in [-0.1, -0.05) is 0 Å². The molecule has 0 saturated carbocycles. The zero-order valence-electron chi connectivity index (χ0n) is 15.3. The van der Waals surface area contributed by atoms with Gasteiger partial charge >= 0.3 is 0 Å². The molecular weight excluding hydrogens is 375 g/mol. The molecule has 29 heavy (non-hydrogen) atoms. The molecule has 1 aromatic rings. The van der Waals surface area contributed by atoms with Crippen LogP contribution in [0.25, 0.3) is 22.9 Å². The molecule has 0 fully saturated rings. The van der Waals surface area contributed by atoms with E-state index in [2.05, 4.69) is 4.98 Å². The highest BCUT2D eigenvalue weighted by Crippen LogP contribution is 2.37. The van der Waals surface area contributed by atoms with Gasteiger partial charge < -0.3 is 14.8 Å². The number of hydrogen-bond donors (Lipinski definition) is 1. The molecule has 1 N–H and O–H groups in total. The quantitative estimate of drug-likeness (QED) is 0.534. The maximum atomic E-state index is 13.4. The Balaban J connectivity index is 1.89. The van der Waals surface area contributed by atoms with E-state index in [9.17, 15) is 19.3 Å². The van der Waals surface area contributed by atoms with Crippen molar-refractivity contribution in [3.8, 4) is 11.1 Å². The molecule has 7 nitrogen and oxygen atoms in total. The largest absolute Gasteiger partial charge is 0.349 e. The Hall–Kier alpha value is -3.94. The summed E-state index contributed by atoms with van der Waals surface area (Å²) in [6.07, 6.45) is 4.90. The Morgan fingerprint density at radius 1 is 1.14 bits per heavy atom. The van der Waals surface area contributed by atoms with Crippen LogP contribution in [0, 0.1) is 15.9 Å². The van der Waals surface area contributed by atoms with E-state index < -0.39 is 4.92 Å². The minimum absolute atomic E-state index is 0.0692. The number of nitro groups is 1. The van der Waals surface area contributed by atoms with Crippen LogP contribution in [0.3, 0.4) is 0 Å². The number of nitrogens with one attached hydrogen (secondary N) is 1. The fraction of sp³-hybridized carbons (Fsp3) is 0.0952. The Morgan fingerprint density at radius 3 is 2.62 bits per heavy atom. The average Bonchev–Trinajstić information content (AvgIpc) is 2.90. The molecule has 0 aromatic heterocycles. The van der Waals surface area contributed by atoms with E-state index in [-0.39, 0.29) is 17.1 Å². The van der Waals surface area contributed by atoms with Gasteiger partial charge in [-0.15, -0.1) is 0 Å². The van der Waals surface area contributed by atoms with Gasteiger partial charge in [0.2, 0.25) is 0 Å². The van der Waals surface area contributed by atoms with E-state index in [1.54, 1.807) is 42.4 Å². The van der Waals surface area contributed by atoms with Crippen LogP contribution in [0.5, 0.6) is 0 Å². The number of hydrogen-bond acceptors (Lipinski definition) is 5. The molecule has 3 heterocycles. The maximum Gasteiger partial charge on any atom is 0.280 e. The Morgan fingerprint density at radius 2 is 1.90 bits per heavy atom. The van der Waals surface area contributed by atoms with Crippen LogP contribution in [-0.4, -0.2) is 23.5 Å². The highest BCUT2D eigenvalue weighted by Gasteiger charge is 2.29. The first-order valence-electron chi connectivity index (χ1n) is 8.98. The van der Waals surface area contributed by atoms with E-state index in [1.165, 1.54) is 18.2 Å². The first-order valence-corrected chi connectivity index (χ1v) is 8.98. The number of rotatable bonds is 2. The van der Waals surface area contributed by atoms with Gasteiger partial charge in [-0.3, -0.25) is 14.9 Å². The minimum Gasteiger partial charge on any atom is -0.349 e. The molecule has 0 saturated heterocycles. The van der Waals surface area contributed by atoms with Crippen LogP contribution in [0.4, 0.5) is 21.5 Å². The second kappa shape index (κ2) is 6.03. The zero-order chi connectivity index (χ0) is 20.3. The molecule has 0 radical (unpaired) electrons. The van der Waals surface area contributed by atoms with Gasteiger partial charge in [0.15, 0.2) is 0 Å². The second-order valence-corrected chi connectivity index (χ2v) is 6.96. The zero-order valence-corrected chi connectivity index (χ0v) is 15.3. The molecule has 0 spiro atoms. The van der Waals surface area contributed by atoms with Gasteiger partial charge in [0.05, 0.1) is 27.1 Å². The van der Waals surface area contributed by atoms with Crippen molar-refractivity contribution < 1.29 is 9.31 Å². The number of halogens is 1. The van der Waals surface area contributed by atoms with E-state index in [0.29, 0.717) is 33.9 Å². The van der Waals surface area contributed by atoms with Gasteiger partial charge in [-0.05, 0) is 42.5 Å². The monoisotopic (exact) mass is 390 g/mol. The predicted molar refractivity (Wildman–Crippen MR) is 109 cm³/mol.